The summed E-state index contributed by atoms with van der Waals surface area (Å²) in [5.74, 6) is -0.504. The maximum Gasteiger partial charge on any atom is 0.337 e. The molecule has 0 atom stereocenters. The number of benzene rings is 2. The van der Waals surface area contributed by atoms with Gasteiger partial charge in [-0.2, -0.15) is 4.68 Å². The summed E-state index contributed by atoms with van der Waals surface area (Å²) in [5.41, 5.74) is 2.38. The molecule has 178 valence electrons. The summed E-state index contributed by atoms with van der Waals surface area (Å²) in [6.07, 6.45) is 4.71. The Morgan fingerprint density at radius 3 is 2.66 bits per heavy atom. The lowest BCUT2D eigenvalue weighted by molar-refractivity contribution is 0.0600. The highest BCUT2D eigenvalue weighted by Gasteiger charge is 2.32. The van der Waals surface area contributed by atoms with Gasteiger partial charge in [0.25, 0.3) is 10.0 Å². The third-order valence-corrected chi connectivity index (χ3v) is 7.33. The standard InChI is InChI=1S/C23H19ClN6O4S/c1-34-23(31)15-7-8-16(14-5-6-14)22(10-15)35(32,33)27-20-12-21(30-13-26-28-29-30)18(24)11-17(20)19-4-2-3-9-25-19/h2-4,7-14,27H,5-6H2,1H3. The molecule has 1 aliphatic carbocycles. The SMILES string of the molecule is COC(=O)c1ccc(C2CC2)c(S(=O)(=O)Nc2cc(-n3cnnn3)c(Cl)cc2-c2ccccn2)c1. The van der Waals surface area contributed by atoms with Crippen LogP contribution in [0.4, 0.5) is 5.69 Å². The van der Waals surface area contributed by atoms with E-state index in [1.54, 1.807) is 48.7 Å². The van der Waals surface area contributed by atoms with Gasteiger partial charge in [0.15, 0.2) is 0 Å². The van der Waals surface area contributed by atoms with E-state index in [9.17, 15) is 13.2 Å². The highest BCUT2D eigenvalue weighted by Crippen LogP contribution is 2.44. The average Bonchev–Trinajstić information content (AvgIpc) is 3.58. The maximum atomic E-state index is 13.7. The molecule has 0 saturated heterocycles. The summed E-state index contributed by atoms with van der Waals surface area (Å²) >= 11 is 6.50. The molecule has 35 heavy (non-hydrogen) atoms. The fourth-order valence-corrected chi connectivity index (χ4v) is 5.42. The monoisotopic (exact) mass is 510 g/mol. The number of carbonyl (C=O) groups is 1. The average molecular weight is 511 g/mol. The van der Waals surface area contributed by atoms with Gasteiger partial charge in [-0.25, -0.2) is 13.2 Å². The number of anilines is 1. The number of ether oxygens (including phenoxy) is 1. The van der Waals surface area contributed by atoms with Crippen molar-refractivity contribution in [1.82, 2.24) is 25.2 Å². The second kappa shape index (κ2) is 9.08. The Balaban J connectivity index is 1.65. The summed E-state index contributed by atoms with van der Waals surface area (Å²) < 4.78 is 36.2. The number of pyridine rings is 1. The minimum absolute atomic E-state index is 0.0220. The summed E-state index contributed by atoms with van der Waals surface area (Å²) in [6.45, 7) is 0. The van der Waals surface area contributed by atoms with E-state index < -0.39 is 16.0 Å². The second-order valence-electron chi connectivity index (χ2n) is 7.94. The lowest BCUT2D eigenvalue weighted by Crippen LogP contribution is -2.17. The number of carbonyl (C=O) groups excluding carboxylic acids is 1. The molecule has 0 spiro atoms. The van der Waals surface area contributed by atoms with Crippen LogP contribution in [-0.4, -0.2) is 46.7 Å². The van der Waals surface area contributed by atoms with Crippen LogP contribution >= 0.6 is 11.6 Å². The van der Waals surface area contributed by atoms with E-state index in [-0.39, 0.29) is 22.1 Å². The van der Waals surface area contributed by atoms with Gasteiger partial charge < -0.3 is 4.74 Å². The van der Waals surface area contributed by atoms with Gasteiger partial charge in [0.2, 0.25) is 0 Å². The van der Waals surface area contributed by atoms with Crippen molar-refractivity contribution in [2.24, 2.45) is 0 Å². The van der Waals surface area contributed by atoms with Crippen molar-refractivity contribution in [3.05, 3.63) is 77.2 Å². The second-order valence-corrected chi connectivity index (χ2v) is 10.0. The van der Waals surface area contributed by atoms with Crippen molar-refractivity contribution in [3.8, 4) is 16.9 Å². The first kappa shape index (κ1) is 22.9. The first-order valence-electron chi connectivity index (χ1n) is 10.6. The van der Waals surface area contributed by atoms with Gasteiger partial charge in [-0.3, -0.25) is 9.71 Å². The smallest absolute Gasteiger partial charge is 0.337 e. The molecule has 2 aromatic heterocycles. The quantitative estimate of drug-likeness (QED) is 0.371. The number of hydrogen-bond donors (Lipinski definition) is 1. The minimum atomic E-state index is -4.13. The molecule has 0 unspecified atom stereocenters. The van der Waals surface area contributed by atoms with Crippen LogP contribution in [0.3, 0.4) is 0 Å². The van der Waals surface area contributed by atoms with Gasteiger partial charge in [-0.15, -0.1) is 5.10 Å². The van der Waals surface area contributed by atoms with Crippen molar-refractivity contribution in [3.63, 3.8) is 0 Å². The van der Waals surface area contributed by atoms with Crippen LogP contribution in [0, 0.1) is 0 Å². The lowest BCUT2D eigenvalue weighted by Gasteiger charge is -2.17. The number of aromatic nitrogens is 5. The lowest BCUT2D eigenvalue weighted by atomic mass is 10.1. The number of nitrogens with zero attached hydrogens (tertiary/aromatic N) is 5. The number of esters is 1. The number of hydrogen-bond acceptors (Lipinski definition) is 8. The predicted molar refractivity (Wildman–Crippen MR) is 128 cm³/mol. The topological polar surface area (TPSA) is 129 Å². The van der Waals surface area contributed by atoms with Crippen LogP contribution in [0.1, 0.15) is 34.7 Å². The summed E-state index contributed by atoms with van der Waals surface area (Å²) in [7, 11) is -2.88. The minimum Gasteiger partial charge on any atom is -0.465 e. The Hall–Kier alpha value is -3.83. The molecule has 0 amide bonds. The van der Waals surface area contributed by atoms with Gasteiger partial charge >= 0.3 is 5.97 Å². The third kappa shape index (κ3) is 4.60. The first-order chi connectivity index (χ1) is 16.9. The number of halogens is 1. The van der Waals surface area contributed by atoms with Crippen LogP contribution in [-0.2, 0) is 14.8 Å². The molecule has 1 fully saturated rings. The Bertz CT molecular complexity index is 1510. The Morgan fingerprint density at radius 1 is 1.17 bits per heavy atom. The number of nitrogens with one attached hydrogen (secondary N) is 1. The summed E-state index contributed by atoms with van der Waals surface area (Å²) in [6, 6.07) is 13.0. The third-order valence-electron chi connectivity index (χ3n) is 5.61. The van der Waals surface area contributed by atoms with Crippen LogP contribution in [0.25, 0.3) is 16.9 Å². The molecule has 1 saturated carbocycles. The van der Waals surface area contributed by atoms with Crippen molar-refractivity contribution < 1.29 is 17.9 Å². The summed E-state index contributed by atoms with van der Waals surface area (Å²) in [5, 5.41) is 11.4. The van der Waals surface area contributed by atoms with Crippen LogP contribution in [0.15, 0.2) is 66.0 Å². The van der Waals surface area contributed by atoms with Crippen molar-refractivity contribution in [2.45, 2.75) is 23.7 Å². The fraction of sp³-hybridized carbons (Fsp3) is 0.174. The highest BCUT2D eigenvalue weighted by molar-refractivity contribution is 7.92. The van der Waals surface area contributed by atoms with E-state index >= 15 is 0 Å². The zero-order valence-corrected chi connectivity index (χ0v) is 20.0. The van der Waals surface area contributed by atoms with Crippen LogP contribution < -0.4 is 4.72 Å². The number of methoxy groups -OCH3 is 1. The number of tetrazole rings is 1. The maximum absolute atomic E-state index is 13.7. The molecule has 2 heterocycles. The van der Waals surface area contributed by atoms with E-state index in [0.717, 1.165) is 12.8 Å². The van der Waals surface area contributed by atoms with E-state index in [2.05, 4.69) is 25.2 Å². The zero-order valence-electron chi connectivity index (χ0n) is 18.4. The first-order valence-corrected chi connectivity index (χ1v) is 12.5. The molecule has 4 aromatic rings. The normalized spacial score (nSPS) is 13.4. The highest BCUT2D eigenvalue weighted by atomic mass is 35.5. The van der Waals surface area contributed by atoms with Gasteiger partial charge in [0.1, 0.15) is 6.33 Å². The predicted octanol–water partition coefficient (Wildman–Crippen LogP) is 3.84. The Kier molecular flexibility index (Phi) is 5.95. The number of sulfonamides is 1. The molecule has 0 radical (unpaired) electrons. The van der Waals surface area contributed by atoms with E-state index in [0.29, 0.717) is 27.5 Å². The molecule has 10 nitrogen and oxygen atoms in total. The van der Waals surface area contributed by atoms with Crippen LogP contribution in [0.5, 0.6) is 0 Å². The van der Waals surface area contributed by atoms with Gasteiger partial charge in [0.05, 0.1) is 39.7 Å². The van der Waals surface area contributed by atoms with E-state index in [1.807, 2.05) is 0 Å². The van der Waals surface area contributed by atoms with Crippen molar-refractivity contribution in [1.29, 1.82) is 0 Å². The van der Waals surface area contributed by atoms with Gasteiger partial charge in [-0.05, 0) is 71.1 Å². The Labute approximate surface area is 206 Å². The molecular weight excluding hydrogens is 492 g/mol. The van der Waals surface area contributed by atoms with Gasteiger partial charge in [0, 0.05) is 11.8 Å². The fourth-order valence-electron chi connectivity index (χ4n) is 3.77. The molecule has 2 aromatic carbocycles. The van der Waals surface area contributed by atoms with Crippen molar-refractivity contribution in [2.75, 3.05) is 11.8 Å². The van der Waals surface area contributed by atoms with Gasteiger partial charge in [-0.1, -0.05) is 23.7 Å². The molecule has 1 aliphatic rings. The molecule has 5 rings (SSSR count). The summed E-state index contributed by atoms with van der Waals surface area (Å²) in [4.78, 5) is 16.5. The molecule has 12 heteroatoms. The molecule has 0 aliphatic heterocycles. The van der Waals surface area contributed by atoms with Crippen molar-refractivity contribution >= 4 is 33.3 Å². The molecule has 0 bridgehead atoms. The largest absolute Gasteiger partial charge is 0.465 e. The molecule has 1 N–H and O–H groups in total. The number of rotatable bonds is 7. The Morgan fingerprint density at radius 2 is 2.00 bits per heavy atom. The van der Waals surface area contributed by atoms with Crippen LogP contribution in [0.2, 0.25) is 5.02 Å². The van der Waals surface area contributed by atoms with E-state index in [1.165, 1.54) is 24.2 Å². The zero-order chi connectivity index (χ0) is 24.6. The van der Waals surface area contributed by atoms with E-state index in [4.69, 9.17) is 16.3 Å². The molecular formula is C23H19ClN6O4S.